The first-order chi connectivity index (χ1) is 11.9. The maximum atomic E-state index is 12.4. The van der Waals surface area contributed by atoms with E-state index in [1.54, 1.807) is 13.0 Å². The Kier molecular flexibility index (Phi) is 4.02. The number of nitrogens with zero attached hydrogens (tertiary/aromatic N) is 1. The fourth-order valence-corrected chi connectivity index (χ4v) is 4.30. The molecule has 25 heavy (non-hydrogen) atoms. The maximum Gasteiger partial charge on any atom is 0.331 e. The highest BCUT2D eigenvalue weighted by atomic mass is 32.1. The molecule has 0 aliphatic heterocycles. The van der Waals surface area contributed by atoms with E-state index < -0.39 is 6.10 Å². The van der Waals surface area contributed by atoms with Crippen molar-refractivity contribution in [2.45, 2.75) is 52.6 Å². The van der Waals surface area contributed by atoms with Crippen molar-refractivity contribution in [2.24, 2.45) is 11.8 Å². The Morgan fingerprint density at radius 2 is 1.92 bits per heavy atom. The minimum Gasteiger partial charge on any atom is -0.451 e. The van der Waals surface area contributed by atoms with Gasteiger partial charge in [0, 0.05) is 11.0 Å². The topological polar surface area (TPSA) is 72.0 Å². The highest BCUT2D eigenvalue weighted by Crippen LogP contribution is 2.48. The number of hydrogen-bond donors (Lipinski definition) is 1. The van der Waals surface area contributed by atoms with Crippen LogP contribution in [0.1, 0.15) is 55.0 Å². The Morgan fingerprint density at radius 1 is 1.28 bits per heavy atom. The summed E-state index contributed by atoms with van der Waals surface area (Å²) in [7, 11) is 0. The molecule has 1 atom stereocenters. The molecule has 1 unspecified atom stereocenters. The number of aromatic amines is 1. The van der Waals surface area contributed by atoms with Crippen molar-refractivity contribution >= 4 is 27.5 Å². The number of fused-ring (bicyclic) bond motifs is 1. The Bertz CT molecular complexity index is 918. The number of hydrogen-bond acceptors (Lipinski definition) is 5. The lowest BCUT2D eigenvalue weighted by Crippen LogP contribution is -2.16. The molecule has 0 aromatic carbocycles. The molecular formula is C19H22N2O3S. The van der Waals surface area contributed by atoms with Crippen molar-refractivity contribution in [2.75, 3.05) is 0 Å². The lowest BCUT2D eigenvalue weighted by Gasteiger charge is -2.12. The van der Waals surface area contributed by atoms with E-state index in [1.807, 2.05) is 13.8 Å². The molecule has 2 aromatic heterocycles. The van der Waals surface area contributed by atoms with Crippen LogP contribution in [0.25, 0.3) is 10.2 Å². The van der Waals surface area contributed by atoms with Gasteiger partial charge in [0.1, 0.15) is 4.83 Å². The van der Waals surface area contributed by atoms with Crippen LogP contribution in [0.4, 0.5) is 0 Å². The molecule has 2 fully saturated rings. The lowest BCUT2D eigenvalue weighted by molar-refractivity contribution is -0.142. The minimum atomic E-state index is -0.580. The summed E-state index contributed by atoms with van der Waals surface area (Å²) in [6, 6.07) is 0. The van der Waals surface area contributed by atoms with Crippen LogP contribution in [-0.4, -0.2) is 15.9 Å². The second-order valence-electron chi connectivity index (χ2n) is 7.19. The van der Waals surface area contributed by atoms with Crippen LogP contribution in [0.2, 0.25) is 0 Å². The van der Waals surface area contributed by atoms with Gasteiger partial charge in [-0.1, -0.05) is 5.57 Å². The van der Waals surface area contributed by atoms with Gasteiger partial charge in [-0.3, -0.25) is 4.79 Å². The molecule has 0 amide bonds. The third-order valence-electron chi connectivity index (χ3n) is 5.12. The van der Waals surface area contributed by atoms with E-state index in [-0.39, 0.29) is 11.5 Å². The Balaban J connectivity index is 1.55. The number of carbonyl (C=O) groups excluding carboxylic acids is 1. The summed E-state index contributed by atoms with van der Waals surface area (Å²) < 4.78 is 5.52. The first kappa shape index (κ1) is 16.5. The van der Waals surface area contributed by atoms with E-state index in [0.717, 1.165) is 10.4 Å². The quantitative estimate of drug-likeness (QED) is 0.649. The van der Waals surface area contributed by atoms with Crippen LogP contribution in [0.5, 0.6) is 0 Å². The highest BCUT2D eigenvalue weighted by Gasteiger charge is 2.37. The van der Waals surface area contributed by atoms with Gasteiger partial charge in [0.2, 0.25) is 0 Å². The van der Waals surface area contributed by atoms with Gasteiger partial charge in [0.25, 0.3) is 5.56 Å². The van der Waals surface area contributed by atoms with Gasteiger partial charge < -0.3 is 9.72 Å². The largest absolute Gasteiger partial charge is 0.451 e. The lowest BCUT2D eigenvalue weighted by atomic mass is 10.1. The molecule has 4 rings (SSSR count). The van der Waals surface area contributed by atoms with Crippen molar-refractivity contribution in [1.29, 1.82) is 0 Å². The van der Waals surface area contributed by atoms with Crippen LogP contribution in [0, 0.1) is 25.7 Å². The normalized spacial score (nSPS) is 18.2. The molecule has 2 aromatic rings. The Labute approximate surface area is 150 Å². The number of ether oxygens (including phenoxy) is 1. The molecule has 132 valence electrons. The van der Waals surface area contributed by atoms with Crippen molar-refractivity contribution in [3.8, 4) is 0 Å². The predicted molar refractivity (Wildman–Crippen MR) is 97.8 cm³/mol. The fraction of sp³-hybridized carbons (Fsp3) is 0.526. The first-order valence-electron chi connectivity index (χ1n) is 8.86. The molecule has 0 spiro atoms. The average molecular weight is 358 g/mol. The minimum absolute atomic E-state index is 0.169. The number of nitrogens with one attached hydrogen (secondary N) is 1. The Hall–Kier alpha value is -1.95. The van der Waals surface area contributed by atoms with E-state index in [4.69, 9.17) is 4.74 Å². The third-order valence-corrected chi connectivity index (χ3v) is 6.22. The van der Waals surface area contributed by atoms with Gasteiger partial charge in [0.15, 0.2) is 11.9 Å². The average Bonchev–Trinajstić information content (AvgIpc) is 3.45. The summed E-state index contributed by atoms with van der Waals surface area (Å²) in [4.78, 5) is 33.7. The second kappa shape index (κ2) is 6.09. The number of aromatic nitrogens is 2. The van der Waals surface area contributed by atoms with Gasteiger partial charge in [-0.2, -0.15) is 0 Å². The SMILES string of the molecule is Cc1sc2nc(C(C)OC(=O)C=C(C3CC3)C3CC3)[nH]c(=O)c2c1C. The zero-order valence-electron chi connectivity index (χ0n) is 14.7. The summed E-state index contributed by atoms with van der Waals surface area (Å²) in [6.45, 7) is 5.65. The zero-order valence-corrected chi connectivity index (χ0v) is 15.5. The predicted octanol–water partition coefficient (Wildman–Crippen LogP) is 3.95. The molecule has 5 nitrogen and oxygen atoms in total. The first-order valence-corrected chi connectivity index (χ1v) is 9.67. The van der Waals surface area contributed by atoms with E-state index in [0.29, 0.717) is 27.9 Å². The molecule has 2 heterocycles. The van der Waals surface area contributed by atoms with E-state index in [1.165, 1.54) is 42.6 Å². The van der Waals surface area contributed by atoms with Crippen LogP contribution < -0.4 is 5.56 Å². The number of rotatable bonds is 5. The molecule has 1 N–H and O–H groups in total. The monoisotopic (exact) mass is 358 g/mol. The van der Waals surface area contributed by atoms with Crippen molar-refractivity contribution in [1.82, 2.24) is 9.97 Å². The number of thiophene rings is 1. The maximum absolute atomic E-state index is 12.4. The van der Waals surface area contributed by atoms with E-state index in [2.05, 4.69) is 9.97 Å². The van der Waals surface area contributed by atoms with Crippen LogP contribution in [0.3, 0.4) is 0 Å². The van der Waals surface area contributed by atoms with E-state index >= 15 is 0 Å². The van der Waals surface area contributed by atoms with Gasteiger partial charge in [-0.15, -0.1) is 11.3 Å². The summed E-state index contributed by atoms with van der Waals surface area (Å²) >= 11 is 1.49. The third kappa shape index (κ3) is 3.27. The highest BCUT2D eigenvalue weighted by molar-refractivity contribution is 7.18. The second-order valence-corrected chi connectivity index (χ2v) is 8.39. The summed E-state index contributed by atoms with van der Waals surface area (Å²) in [5.74, 6) is 1.24. The molecule has 0 radical (unpaired) electrons. The molecule has 0 saturated heterocycles. The molecule has 0 bridgehead atoms. The van der Waals surface area contributed by atoms with Crippen molar-refractivity contribution < 1.29 is 9.53 Å². The number of aryl methyl sites for hydroxylation is 2. The smallest absolute Gasteiger partial charge is 0.331 e. The number of H-pyrrole nitrogens is 1. The van der Waals surface area contributed by atoms with E-state index in [9.17, 15) is 9.59 Å². The van der Waals surface area contributed by atoms with Crippen molar-refractivity contribution in [3.05, 3.63) is 38.3 Å². The van der Waals surface area contributed by atoms with Crippen LogP contribution in [-0.2, 0) is 9.53 Å². The van der Waals surface area contributed by atoms with Gasteiger partial charge in [-0.25, -0.2) is 9.78 Å². The molecular weight excluding hydrogens is 336 g/mol. The van der Waals surface area contributed by atoms with Crippen LogP contribution >= 0.6 is 11.3 Å². The van der Waals surface area contributed by atoms with Crippen molar-refractivity contribution in [3.63, 3.8) is 0 Å². The summed E-state index contributed by atoms with van der Waals surface area (Å²) in [5, 5.41) is 0.634. The molecule has 2 aliphatic rings. The Morgan fingerprint density at radius 3 is 2.52 bits per heavy atom. The molecule has 6 heteroatoms. The van der Waals surface area contributed by atoms with Gasteiger partial charge in [0.05, 0.1) is 5.39 Å². The van der Waals surface area contributed by atoms with Gasteiger partial charge >= 0.3 is 5.97 Å². The molecule has 2 aliphatic carbocycles. The standard InChI is InChI=1S/C19H22N2O3S/c1-9-11(3)25-19-16(9)18(23)20-17(21-19)10(2)24-15(22)8-14(12-4-5-12)13-6-7-13/h8,10,12-13H,4-7H2,1-3H3,(H,20,21,23). The zero-order chi connectivity index (χ0) is 17.7. The number of carbonyl (C=O) groups is 1. The molecule has 2 saturated carbocycles. The summed E-state index contributed by atoms with van der Waals surface area (Å²) in [6.07, 6.45) is 5.86. The van der Waals surface area contributed by atoms with Crippen LogP contribution in [0.15, 0.2) is 16.4 Å². The number of esters is 1. The fourth-order valence-electron chi connectivity index (χ4n) is 3.27. The van der Waals surface area contributed by atoms with Gasteiger partial charge in [-0.05, 0) is 63.9 Å². The number of allylic oxidation sites excluding steroid dienone is 1. The summed E-state index contributed by atoms with van der Waals surface area (Å²) in [5.41, 5.74) is 2.06.